The highest BCUT2D eigenvalue weighted by molar-refractivity contribution is 6.30. The number of rotatable bonds is 5. The second kappa shape index (κ2) is 6.11. The van der Waals surface area contributed by atoms with E-state index in [1.54, 1.807) is 6.92 Å². The predicted octanol–water partition coefficient (Wildman–Crippen LogP) is 2.24. The molecule has 0 aliphatic carbocycles. The van der Waals surface area contributed by atoms with Crippen LogP contribution in [0.5, 0.6) is 0 Å². The van der Waals surface area contributed by atoms with Gasteiger partial charge in [0.25, 0.3) is 0 Å². The van der Waals surface area contributed by atoms with Crippen molar-refractivity contribution in [2.24, 2.45) is 0 Å². The highest BCUT2D eigenvalue weighted by Crippen LogP contribution is 2.10. The Balaban J connectivity index is 2.37. The maximum Gasteiger partial charge on any atom is 0.0636 e. The van der Waals surface area contributed by atoms with E-state index < -0.39 is 0 Å². The number of hydrogen-bond acceptors (Lipinski definition) is 2. The average Bonchev–Trinajstić information content (AvgIpc) is 2.19. The molecule has 0 heterocycles. The summed E-state index contributed by atoms with van der Waals surface area (Å²) in [5.41, 5.74) is 1.25. The van der Waals surface area contributed by atoms with Crippen molar-refractivity contribution in [2.45, 2.75) is 32.4 Å². The van der Waals surface area contributed by atoms with Gasteiger partial charge < -0.3 is 10.4 Å². The molecule has 1 aromatic carbocycles. The van der Waals surface area contributed by atoms with Gasteiger partial charge in [-0.1, -0.05) is 23.7 Å². The topological polar surface area (TPSA) is 32.3 Å². The third-order valence-electron chi connectivity index (χ3n) is 2.22. The van der Waals surface area contributed by atoms with Gasteiger partial charge in [-0.3, -0.25) is 0 Å². The van der Waals surface area contributed by atoms with Crippen molar-refractivity contribution >= 4 is 11.6 Å². The smallest absolute Gasteiger partial charge is 0.0636 e. The highest BCUT2D eigenvalue weighted by Gasteiger charge is 2.04. The Bertz CT molecular complexity index is 284. The van der Waals surface area contributed by atoms with E-state index in [1.807, 2.05) is 24.3 Å². The van der Waals surface area contributed by atoms with Crippen LogP contribution in [0.15, 0.2) is 24.3 Å². The summed E-state index contributed by atoms with van der Waals surface area (Å²) in [5, 5.41) is 13.2. The summed E-state index contributed by atoms with van der Waals surface area (Å²) in [6.45, 7) is 4.52. The van der Waals surface area contributed by atoms with Crippen molar-refractivity contribution in [3.63, 3.8) is 0 Å². The van der Waals surface area contributed by atoms with E-state index in [-0.39, 0.29) is 6.10 Å². The van der Waals surface area contributed by atoms with Crippen molar-refractivity contribution in [1.82, 2.24) is 5.32 Å². The first-order valence-corrected chi connectivity index (χ1v) is 5.61. The summed E-state index contributed by atoms with van der Waals surface area (Å²) in [4.78, 5) is 0. The second-order valence-corrected chi connectivity index (χ2v) is 4.43. The van der Waals surface area contributed by atoms with E-state index >= 15 is 0 Å². The molecule has 0 bridgehead atoms. The molecule has 84 valence electrons. The highest BCUT2D eigenvalue weighted by atomic mass is 35.5. The summed E-state index contributed by atoms with van der Waals surface area (Å²) in [7, 11) is 0. The van der Waals surface area contributed by atoms with Crippen LogP contribution in [0.1, 0.15) is 19.4 Å². The van der Waals surface area contributed by atoms with Gasteiger partial charge in [-0.2, -0.15) is 0 Å². The minimum absolute atomic E-state index is 0.294. The Morgan fingerprint density at radius 1 is 1.27 bits per heavy atom. The minimum Gasteiger partial charge on any atom is -0.392 e. The number of halogens is 1. The van der Waals surface area contributed by atoms with Crippen LogP contribution in [0.2, 0.25) is 5.02 Å². The average molecular weight is 228 g/mol. The number of benzene rings is 1. The first kappa shape index (κ1) is 12.5. The molecule has 0 radical (unpaired) electrons. The lowest BCUT2D eigenvalue weighted by Gasteiger charge is -2.15. The Morgan fingerprint density at radius 3 is 2.40 bits per heavy atom. The number of aliphatic hydroxyl groups is 1. The van der Waals surface area contributed by atoms with Crippen molar-refractivity contribution in [1.29, 1.82) is 0 Å². The normalized spacial score (nSPS) is 14.9. The van der Waals surface area contributed by atoms with E-state index in [9.17, 15) is 0 Å². The molecule has 2 nitrogen and oxygen atoms in total. The molecule has 0 fully saturated rings. The van der Waals surface area contributed by atoms with Crippen molar-refractivity contribution < 1.29 is 5.11 Å². The molecule has 2 atom stereocenters. The molecule has 0 aromatic heterocycles. The molecule has 1 aromatic rings. The molecule has 1 rings (SSSR count). The van der Waals surface area contributed by atoms with Crippen LogP contribution < -0.4 is 5.32 Å². The molecule has 0 saturated carbocycles. The summed E-state index contributed by atoms with van der Waals surface area (Å²) in [6, 6.07) is 8.23. The molecule has 0 saturated heterocycles. The zero-order valence-electron chi connectivity index (χ0n) is 9.20. The lowest BCUT2D eigenvalue weighted by molar-refractivity contribution is 0.187. The van der Waals surface area contributed by atoms with Crippen LogP contribution in [-0.2, 0) is 6.42 Å². The summed E-state index contributed by atoms with van der Waals surface area (Å²) < 4.78 is 0. The van der Waals surface area contributed by atoms with Gasteiger partial charge in [0.2, 0.25) is 0 Å². The van der Waals surface area contributed by atoms with Crippen molar-refractivity contribution in [3.05, 3.63) is 34.9 Å². The van der Waals surface area contributed by atoms with Gasteiger partial charge in [0, 0.05) is 17.6 Å². The SMILES string of the molecule is CC(Cc1ccc(Cl)cc1)NC[C@@H](C)O. The van der Waals surface area contributed by atoms with Crippen LogP contribution in [-0.4, -0.2) is 23.8 Å². The van der Waals surface area contributed by atoms with E-state index in [0.29, 0.717) is 12.6 Å². The fourth-order valence-corrected chi connectivity index (χ4v) is 1.54. The zero-order valence-corrected chi connectivity index (χ0v) is 9.96. The monoisotopic (exact) mass is 227 g/mol. The Hall–Kier alpha value is -0.570. The first-order chi connectivity index (χ1) is 7.08. The lowest BCUT2D eigenvalue weighted by atomic mass is 10.1. The van der Waals surface area contributed by atoms with Gasteiger partial charge in [-0.25, -0.2) is 0 Å². The number of hydrogen-bond donors (Lipinski definition) is 2. The Morgan fingerprint density at radius 2 is 1.87 bits per heavy atom. The third kappa shape index (κ3) is 5.17. The minimum atomic E-state index is -0.294. The third-order valence-corrected chi connectivity index (χ3v) is 2.47. The van der Waals surface area contributed by atoms with Crippen LogP contribution in [0.25, 0.3) is 0 Å². The van der Waals surface area contributed by atoms with Gasteiger partial charge in [-0.15, -0.1) is 0 Å². The van der Waals surface area contributed by atoms with Crippen LogP contribution in [0.3, 0.4) is 0 Å². The van der Waals surface area contributed by atoms with Gasteiger partial charge in [0.1, 0.15) is 0 Å². The molecule has 0 amide bonds. The molecule has 0 aliphatic heterocycles. The van der Waals surface area contributed by atoms with E-state index in [1.165, 1.54) is 5.56 Å². The van der Waals surface area contributed by atoms with Crippen molar-refractivity contribution in [3.8, 4) is 0 Å². The summed E-state index contributed by atoms with van der Waals surface area (Å²) in [6.07, 6.45) is 0.654. The maximum atomic E-state index is 9.12. The molecule has 15 heavy (non-hydrogen) atoms. The van der Waals surface area contributed by atoms with Gasteiger partial charge >= 0.3 is 0 Å². The Kier molecular flexibility index (Phi) is 5.09. The summed E-state index contributed by atoms with van der Waals surface area (Å²) in [5.74, 6) is 0. The maximum absolute atomic E-state index is 9.12. The molecule has 3 heteroatoms. The molecular weight excluding hydrogens is 210 g/mol. The van der Waals surface area contributed by atoms with Crippen LogP contribution in [0.4, 0.5) is 0 Å². The molecular formula is C12H18ClNO. The molecule has 0 aliphatic rings. The first-order valence-electron chi connectivity index (χ1n) is 5.24. The fourth-order valence-electron chi connectivity index (χ4n) is 1.42. The van der Waals surface area contributed by atoms with E-state index in [0.717, 1.165) is 11.4 Å². The van der Waals surface area contributed by atoms with E-state index in [4.69, 9.17) is 16.7 Å². The van der Waals surface area contributed by atoms with Crippen LogP contribution >= 0.6 is 11.6 Å². The number of nitrogens with one attached hydrogen (secondary N) is 1. The Labute approximate surface area is 96.3 Å². The summed E-state index contributed by atoms with van der Waals surface area (Å²) >= 11 is 5.80. The quantitative estimate of drug-likeness (QED) is 0.809. The predicted molar refractivity (Wildman–Crippen MR) is 64.3 cm³/mol. The fraction of sp³-hybridized carbons (Fsp3) is 0.500. The zero-order chi connectivity index (χ0) is 11.3. The second-order valence-electron chi connectivity index (χ2n) is 3.99. The standard InChI is InChI=1S/C12H18ClNO/c1-9(14-8-10(2)15)7-11-3-5-12(13)6-4-11/h3-6,9-10,14-15H,7-8H2,1-2H3/t9?,10-/m1/s1. The van der Waals surface area contributed by atoms with Crippen molar-refractivity contribution in [2.75, 3.05) is 6.54 Å². The molecule has 2 N–H and O–H groups in total. The van der Waals surface area contributed by atoms with Crippen LogP contribution in [0, 0.1) is 0 Å². The van der Waals surface area contributed by atoms with Gasteiger partial charge in [-0.05, 0) is 38.0 Å². The molecule has 0 spiro atoms. The largest absolute Gasteiger partial charge is 0.392 e. The lowest BCUT2D eigenvalue weighted by Crippen LogP contribution is -2.33. The van der Waals surface area contributed by atoms with E-state index in [2.05, 4.69) is 12.2 Å². The number of aliphatic hydroxyl groups excluding tert-OH is 1. The van der Waals surface area contributed by atoms with Gasteiger partial charge in [0.15, 0.2) is 0 Å². The molecule has 1 unspecified atom stereocenters. The van der Waals surface area contributed by atoms with Gasteiger partial charge in [0.05, 0.1) is 6.10 Å².